The second kappa shape index (κ2) is 7.23. The van der Waals surface area contributed by atoms with Crippen molar-refractivity contribution in [3.8, 4) is 0 Å². The second-order valence-corrected chi connectivity index (χ2v) is 9.21. The van der Waals surface area contributed by atoms with Crippen molar-refractivity contribution < 1.29 is 0 Å². The summed E-state index contributed by atoms with van der Waals surface area (Å²) < 4.78 is 1.22. The number of hydrogen-bond acceptors (Lipinski definition) is 5. The number of thiophene rings is 2. The topological polar surface area (TPSA) is 50.9 Å². The number of fused-ring (bicyclic) bond motifs is 1. The molecule has 1 saturated carbocycles. The molecule has 3 aromatic rings. The van der Waals surface area contributed by atoms with E-state index in [4.69, 9.17) is 22.3 Å². The highest BCUT2D eigenvalue weighted by molar-refractivity contribution is 7.20. The van der Waals surface area contributed by atoms with Crippen molar-refractivity contribution in [3.05, 3.63) is 44.1 Å². The molecule has 0 unspecified atom stereocenters. The van der Waals surface area contributed by atoms with Gasteiger partial charge in [-0.3, -0.25) is 0 Å². The Morgan fingerprint density at radius 1 is 1.44 bits per heavy atom. The van der Waals surface area contributed by atoms with Crippen LogP contribution in [0.4, 0.5) is 5.69 Å². The number of anilines is 1. The van der Waals surface area contributed by atoms with Gasteiger partial charge in [0, 0.05) is 28.4 Å². The number of aromatic nitrogens is 1. The zero-order chi connectivity index (χ0) is 17.4. The number of rotatable bonds is 7. The van der Waals surface area contributed by atoms with Crippen molar-refractivity contribution in [1.82, 2.24) is 4.98 Å². The van der Waals surface area contributed by atoms with E-state index in [1.54, 1.807) is 11.3 Å². The first kappa shape index (κ1) is 17.3. The quantitative estimate of drug-likeness (QED) is 0.502. The van der Waals surface area contributed by atoms with Crippen LogP contribution in [-0.4, -0.2) is 11.0 Å². The van der Waals surface area contributed by atoms with E-state index in [9.17, 15) is 0 Å². The van der Waals surface area contributed by atoms with Gasteiger partial charge in [0.1, 0.15) is 5.15 Å². The molecule has 4 rings (SSSR count). The van der Waals surface area contributed by atoms with Crippen LogP contribution in [0.25, 0.3) is 10.2 Å². The lowest BCUT2D eigenvalue weighted by atomic mass is 10.0. The Bertz CT molecular complexity index is 869. The van der Waals surface area contributed by atoms with Gasteiger partial charge in [0.25, 0.3) is 0 Å². The number of hydrogen-bond donors (Lipinski definition) is 2. The summed E-state index contributed by atoms with van der Waals surface area (Å²) in [4.78, 5) is 7.41. The summed E-state index contributed by atoms with van der Waals surface area (Å²) in [5, 5.41) is 6.23. The van der Waals surface area contributed by atoms with Crippen LogP contribution in [0, 0.1) is 0 Å². The molecule has 3 heterocycles. The monoisotopic (exact) mass is 391 g/mol. The Morgan fingerprint density at radius 3 is 2.96 bits per heavy atom. The van der Waals surface area contributed by atoms with Gasteiger partial charge in [0.15, 0.2) is 0 Å². The molecule has 0 saturated heterocycles. The SMILES string of the molecule is CC[C@H](N)Cc1sc2c(NCc3cccs3)cc(Cl)nc2c1C1CC1. The van der Waals surface area contributed by atoms with Gasteiger partial charge >= 0.3 is 0 Å². The van der Waals surface area contributed by atoms with E-state index >= 15 is 0 Å². The maximum atomic E-state index is 6.36. The van der Waals surface area contributed by atoms with Crippen molar-refractivity contribution in [2.75, 3.05) is 5.32 Å². The van der Waals surface area contributed by atoms with Crippen LogP contribution in [0.1, 0.15) is 47.4 Å². The zero-order valence-electron chi connectivity index (χ0n) is 14.2. The van der Waals surface area contributed by atoms with Gasteiger partial charge in [0.2, 0.25) is 0 Å². The lowest BCUT2D eigenvalue weighted by Gasteiger charge is -2.08. The minimum atomic E-state index is 0.212. The lowest BCUT2D eigenvalue weighted by Crippen LogP contribution is -2.21. The van der Waals surface area contributed by atoms with Crippen molar-refractivity contribution in [3.63, 3.8) is 0 Å². The molecule has 3 nitrogen and oxygen atoms in total. The third-order valence-electron chi connectivity index (χ3n) is 4.71. The molecule has 1 aliphatic rings. The molecular weight excluding hydrogens is 370 g/mol. The molecule has 0 amide bonds. The number of pyridine rings is 1. The van der Waals surface area contributed by atoms with Gasteiger partial charge in [-0.2, -0.15) is 0 Å². The van der Waals surface area contributed by atoms with E-state index in [1.165, 1.54) is 32.9 Å². The van der Waals surface area contributed by atoms with Gasteiger partial charge in [-0.25, -0.2) is 4.98 Å². The molecular formula is C19H22ClN3S2. The summed E-state index contributed by atoms with van der Waals surface area (Å²) in [7, 11) is 0. The molecule has 3 aromatic heterocycles. The predicted octanol–water partition coefficient (Wildman–Crippen LogP) is 5.78. The molecule has 0 spiro atoms. The number of halogens is 1. The first-order valence-electron chi connectivity index (χ1n) is 8.79. The maximum absolute atomic E-state index is 6.36. The van der Waals surface area contributed by atoms with E-state index in [2.05, 4.69) is 29.8 Å². The average molecular weight is 392 g/mol. The minimum absolute atomic E-state index is 0.212. The van der Waals surface area contributed by atoms with Crippen LogP contribution in [0.3, 0.4) is 0 Å². The molecule has 6 heteroatoms. The smallest absolute Gasteiger partial charge is 0.131 e. The van der Waals surface area contributed by atoms with Crippen LogP contribution in [-0.2, 0) is 13.0 Å². The van der Waals surface area contributed by atoms with Crippen LogP contribution in [0.5, 0.6) is 0 Å². The third kappa shape index (κ3) is 3.70. The van der Waals surface area contributed by atoms with E-state index in [-0.39, 0.29) is 6.04 Å². The first-order chi connectivity index (χ1) is 12.2. The fourth-order valence-electron chi connectivity index (χ4n) is 3.15. The van der Waals surface area contributed by atoms with Gasteiger partial charge in [0.05, 0.1) is 15.9 Å². The summed E-state index contributed by atoms with van der Waals surface area (Å²) in [6.45, 7) is 2.96. The van der Waals surface area contributed by atoms with Gasteiger partial charge in [-0.15, -0.1) is 22.7 Å². The molecule has 1 atom stereocenters. The summed E-state index contributed by atoms with van der Waals surface area (Å²) in [6, 6.07) is 6.39. The number of nitrogens with two attached hydrogens (primary N) is 1. The highest BCUT2D eigenvalue weighted by Crippen LogP contribution is 2.49. The second-order valence-electron chi connectivity index (χ2n) is 6.69. The average Bonchev–Trinajstić information content (AvgIpc) is 3.16. The molecule has 25 heavy (non-hydrogen) atoms. The zero-order valence-corrected chi connectivity index (χ0v) is 16.6. The fraction of sp³-hybridized carbons (Fsp3) is 0.421. The lowest BCUT2D eigenvalue weighted by molar-refractivity contribution is 0.649. The first-order valence-corrected chi connectivity index (χ1v) is 10.9. The molecule has 132 valence electrons. The van der Waals surface area contributed by atoms with Crippen molar-refractivity contribution >= 4 is 50.2 Å². The van der Waals surface area contributed by atoms with Gasteiger partial charge in [-0.05, 0) is 48.6 Å². The van der Waals surface area contributed by atoms with Crippen LogP contribution < -0.4 is 11.1 Å². The Labute approximate surface area is 161 Å². The molecule has 1 aliphatic carbocycles. The van der Waals surface area contributed by atoms with Gasteiger partial charge in [-0.1, -0.05) is 24.6 Å². The standard InChI is InChI=1S/C19H22ClN3S2/c1-2-12(21)8-15-17(11-5-6-11)18-19(25-15)14(9-16(20)23-18)22-10-13-4-3-7-24-13/h3-4,7,9,11-12H,2,5-6,8,10,21H2,1H3,(H,22,23)/t12-/m0/s1. The van der Waals surface area contributed by atoms with Crippen molar-refractivity contribution in [1.29, 1.82) is 0 Å². The van der Waals surface area contributed by atoms with E-state index in [0.717, 1.165) is 30.6 Å². The molecule has 0 radical (unpaired) electrons. The number of nitrogens with one attached hydrogen (secondary N) is 1. The van der Waals surface area contributed by atoms with Gasteiger partial charge < -0.3 is 11.1 Å². The van der Waals surface area contributed by atoms with E-state index in [0.29, 0.717) is 11.1 Å². The molecule has 1 fully saturated rings. The van der Waals surface area contributed by atoms with Crippen molar-refractivity contribution in [2.24, 2.45) is 5.73 Å². The highest BCUT2D eigenvalue weighted by atomic mass is 35.5. The summed E-state index contributed by atoms with van der Waals surface area (Å²) in [6.07, 6.45) is 4.44. The Morgan fingerprint density at radius 2 is 2.28 bits per heavy atom. The van der Waals surface area contributed by atoms with Crippen LogP contribution in [0.15, 0.2) is 23.6 Å². The minimum Gasteiger partial charge on any atom is -0.379 e. The number of nitrogens with zero attached hydrogens (tertiary/aromatic N) is 1. The predicted molar refractivity (Wildman–Crippen MR) is 110 cm³/mol. The highest BCUT2D eigenvalue weighted by Gasteiger charge is 2.31. The Balaban J connectivity index is 1.74. The molecule has 0 bridgehead atoms. The molecule has 0 aliphatic heterocycles. The Kier molecular flexibility index (Phi) is 5.00. The van der Waals surface area contributed by atoms with Crippen LogP contribution >= 0.6 is 34.3 Å². The summed E-state index contributed by atoms with van der Waals surface area (Å²) in [5.41, 5.74) is 9.84. The third-order valence-corrected chi connectivity index (χ3v) is 7.03. The van der Waals surface area contributed by atoms with Crippen molar-refractivity contribution in [2.45, 2.75) is 51.1 Å². The Hall–Kier alpha value is -1.14. The fourth-order valence-corrected chi connectivity index (χ4v) is 5.40. The van der Waals surface area contributed by atoms with E-state index in [1.807, 2.05) is 17.4 Å². The van der Waals surface area contributed by atoms with E-state index < -0.39 is 0 Å². The summed E-state index contributed by atoms with van der Waals surface area (Å²) in [5.74, 6) is 0.643. The summed E-state index contributed by atoms with van der Waals surface area (Å²) >= 11 is 9.97. The molecule has 0 aromatic carbocycles. The van der Waals surface area contributed by atoms with Crippen LogP contribution in [0.2, 0.25) is 5.15 Å². The maximum Gasteiger partial charge on any atom is 0.131 e. The largest absolute Gasteiger partial charge is 0.379 e. The molecule has 3 N–H and O–H groups in total. The normalized spacial score (nSPS) is 15.6.